The molecule has 0 bridgehead atoms. The van der Waals surface area contributed by atoms with Crippen molar-refractivity contribution in [2.75, 3.05) is 26.2 Å². The molecule has 2 saturated heterocycles. The Balaban J connectivity index is 1.67. The first-order chi connectivity index (χ1) is 10.6. The minimum Gasteiger partial charge on any atom is -0.335 e. The maximum absolute atomic E-state index is 12.5. The number of aromatic nitrogens is 1. The molecular weight excluding hydrogens is 278 g/mol. The topological polar surface area (TPSA) is 45.6 Å². The number of nitrogens with zero attached hydrogens (tertiary/aromatic N) is 3. The summed E-state index contributed by atoms with van der Waals surface area (Å²) < 4.78 is 1.66. The van der Waals surface area contributed by atoms with Crippen LogP contribution in [0.15, 0.2) is 16.9 Å². The van der Waals surface area contributed by atoms with E-state index in [-0.39, 0.29) is 11.5 Å². The van der Waals surface area contributed by atoms with Crippen molar-refractivity contribution in [1.82, 2.24) is 14.4 Å². The van der Waals surface area contributed by atoms with E-state index in [0.29, 0.717) is 18.2 Å². The number of pyridine rings is 1. The minimum absolute atomic E-state index is 0.111. The monoisotopic (exact) mass is 303 g/mol. The van der Waals surface area contributed by atoms with Gasteiger partial charge < -0.3 is 9.47 Å². The molecule has 0 aromatic carbocycles. The van der Waals surface area contributed by atoms with Crippen LogP contribution in [-0.4, -0.2) is 52.5 Å². The zero-order chi connectivity index (χ0) is 15.7. The van der Waals surface area contributed by atoms with Crippen LogP contribution in [0.4, 0.5) is 0 Å². The predicted molar refractivity (Wildman–Crippen MR) is 86.2 cm³/mol. The van der Waals surface area contributed by atoms with Crippen molar-refractivity contribution >= 4 is 5.91 Å². The SMILES string of the molecule is CCn1c(C)ccc(C(=O)N2CC(N3CCCCC3)C2)c1=O. The summed E-state index contributed by atoms with van der Waals surface area (Å²) >= 11 is 0. The lowest BCUT2D eigenvalue weighted by molar-refractivity contribution is 0.0202. The summed E-state index contributed by atoms with van der Waals surface area (Å²) in [6.07, 6.45) is 3.86. The number of hydrogen-bond acceptors (Lipinski definition) is 3. The Bertz CT molecular complexity index is 611. The average Bonchev–Trinajstić information content (AvgIpc) is 2.47. The van der Waals surface area contributed by atoms with Crippen molar-refractivity contribution in [2.24, 2.45) is 0 Å². The van der Waals surface area contributed by atoms with E-state index < -0.39 is 0 Å². The third-order valence-electron chi connectivity index (χ3n) is 5.00. The van der Waals surface area contributed by atoms with Gasteiger partial charge >= 0.3 is 0 Å². The molecule has 0 radical (unpaired) electrons. The highest BCUT2D eigenvalue weighted by Gasteiger charge is 2.36. The molecule has 5 nitrogen and oxygen atoms in total. The maximum Gasteiger partial charge on any atom is 0.263 e. The third-order valence-corrected chi connectivity index (χ3v) is 5.00. The van der Waals surface area contributed by atoms with Crippen LogP contribution < -0.4 is 5.56 Å². The Morgan fingerprint density at radius 1 is 1.18 bits per heavy atom. The fourth-order valence-corrected chi connectivity index (χ4v) is 3.53. The van der Waals surface area contributed by atoms with Crippen molar-refractivity contribution in [3.05, 3.63) is 33.7 Å². The van der Waals surface area contributed by atoms with Crippen molar-refractivity contribution in [1.29, 1.82) is 0 Å². The Morgan fingerprint density at radius 2 is 1.86 bits per heavy atom. The normalized spacial score (nSPS) is 20.0. The molecule has 120 valence electrons. The van der Waals surface area contributed by atoms with Gasteiger partial charge in [0, 0.05) is 31.4 Å². The average molecular weight is 303 g/mol. The molecule has 2 aliphatic heterocycles. The number of amides is 1. The predicted octanol–water partition coefficient (Wildman–Crippen LogP) is 1.49. The number of aryl methyl sites for hydroxylation is 1. The highest BCUT2D eigenvalue weighted by Crippen LogP contribution is 2.21. The molecule has 22 heavy (non-hydrogen) atoms. The summed E-state index contributed by atoms with van der Waals surface area (Å²) in [6, 6.07) is 4.03. The largest absolute Gasteiger partial charge is 0.335 e. The van der Waals surface area contributed by atoms with Crippen LogP contribution in [-0.2, 0) is 6.54 Å². The summed E-state index contributed by atoms with van der Waals surface area (Å²) in [5.74, 6) is -0.111. The summed E-state index contributed by atoms with van der Waals surface area (Å²) in [5, 5.41) is 0. The Morgan fingerprint density at radius 3 is 2.50 bits per heavy atom. The summed E-state index contributed by atoms with van der Waals surface area (Å²) in [6.45, 7) is 8.26. The number of rotatable bonds is 3. The van der Waals surface area contributed by atoms with E-state index in [1.165, 1.54) is 19.3 Å². The molecular formula is C17H25N3O2. The van der Waals surface area contributed by atoms with E-state index >= 15 is 0 Å². The summed E-state index contributed by atoms with van der Waals surface area (Å²) in [5.41, 5.74) is 1.05. The van der Waals surface area contributed by atoms with Gasteiger partial charge in [0.05, 0.1) is 0 Å². The van der Waals surface area contributed by atoms with E-state index in [4.69, 9.17) is 0 Å². The van der Waals surface area contributed by atoms with Gasteiger partial charge in [-0.3, -0.25) is 14.5 Å². The third kappa shape index (κ3) is 2.70. The van der Waals surface area contributed by atoms with Crippen LogP contribution in [0.25, 0.3) is 0 Å². The second kappa shape index (κ2) is 6.24. The molecule has 1 aromatic rings. The molecule has 0 spiro atoms. The lowest BCUT2D eigenvalue weighted by Gasteiger charge is -2.46. The molecule has 1 amide bonds. The quantitative estimate of drug-likeness (QED) is 0.850. The number of piperidine rings is 1. The molecule has 3 heterocycles. The first-order valence-electron chi connectivity index (χ1n) is 8.35. The standard InChI is InChI=1S/C17H25N3O2/c1-3-20-13(2)7-8-15(17(20)22)16(21)19-11-14(12-19)18-9-5-4-6-10-18/h7-8,14H,3-6,9-12H2,1-2H3. The fourth-order valence-electron chi connectivity index (χ4n) is 3.53. The Hall–Kier alpha value is -1.62. The first-order valence-corrected chi connectivity index (χ1v) is 8.35. The number of hydrogen-bond donors (Lipinski definition) is 0. The van der Waals surface area contributed by atoms with E-state index in [2.05, 4.69) is 4.90 Å². The molecule has 0 N–H and O–H groups in total. The van der Waals surface area contributed by atoms with Crippen molar-refractivity contribution in [3.8, 4) is 0 Å². The fraction of sp³-hybridized carbons (Fsp3) is 0.647. The minimum atomic E-state index is -0.158. The van der Waals surface area contributed by atoms with Gasteiger partial charge in [-0.25, -0.2) is 0 Å². The van der Waals surface area contributed by atoms with Gasteiger partial charge in [0.15, 0.2) is 0 Å². The lowest BCUT2D eigenvalue weighted by Crippen LogP contribution is -2.62. The molecule has 3 rings (SSSR count). The maximum atomic E-state index is 12.5. The molecule has 0 aliphatic carbocycles. The van der Waals surface area contributed by atoms with Crippen molar-refractivity contribution in [3.63, 3.8) is 0 Å². The van der Waals surface area contributed by atoms with Gasteiger partial charge in [0.25, 0.3) is 11.5 Å². The lowest BCUT2D eigenvalue weighted by atomic mass is 10.0. The zero-order valence-electron chi connectivity index (χ0n) is 13.5. The van der Waals surface area contributed by atoms with Crippen LogP contribution >= 0.6 is 0 Å². The number of carbonyl (C=O) groups is 1. The molecule has 5 heteroatoms. The summed E-state index contributed by atoms with van der Waals surface area (Å²) in [7, 11) is 0. The Kier molecular flexibility index (Phi) is 4.34. The first kappa shape index (κ1) is 15.3. The van der Waals surface area contributed by atoms with Crippen LogP contribution in [0.1, 0.15) is 42.2 Å². The van der Waals surface area contributed by atoms with Crippen LogP contribution in [0.2, 0.25) is 0 Å². The molecule has 0 unspecified atom stereocenters. The van der Waals surface area contributed by atoms with E-state index in [1.807, 2.05) is 24.8 Å². The zero-order valence-corrected chi connectivity index (χ0v) is 13.5. The second-order valence-electron chi connectivity index (χ2n) is 6.40. The van der Waals surface area contributed by atoms with Crippen molar-refractivity contribution < 1.29 is 4.79 Å². The molecule has 2 aliphatic rings. The highest BCUT2D eigenvalue weighted by molar-refractivity contribution is 5.94. The smallest absolute Gasteiger partial charge is 0.263 e. The molecule has 0 saturated carbocycles. The molecule has 0 atom stereocenters. The van der Waals surface area contributed by atoms with Crippen molar-refractivity contribution in [2.45, 2.75) is 45.7 Å². The number of carbonyl (C=O) groups excluding carboxylic acids is 1. The van der Waals surface area contributed by atoms with E-state index in [0.717, 1.165) is 31.9 Å². The second-order valence-corrected chi connectivity index (χ2v) is 6.40. The van der Waals surface area contributed by atoms with Gasteiger partial charge in [-0.2, -0.15) is 0 Å². The number of likely N-dealkylation sites (tertiary alicyclic amines) is 2. The van der Waals surface area contributed by atoms with Crippen LogP contribution in [0, 0.1) is 6.92 Å². The van der Waals surface area contributed by atoms with Gasteiger partial charge in [0.1, 0.15) is 5.56 Å². The van der Waals surface area contributed by atoms with E-state index in [1.54, 1.807) is 10.6 Å². The van der Waals surface area contributed by atoms with Gasteiger partial charge in [-0.05, 0) is 51.9 Å². The Labute approximate surface area is 131 Å². The molecule has 1 aromatic heterocycles. The van der Waals surface area contributed by atoms with Gasteiger partial charge in [-0.1, -0.05) is 6.42 Å². The van der Waals surface area contributed by atoms with E-state index in [9.17, 15) is 9.59 Å². The summed E-state index contributed by atoms with van der Waals surface area (Å²) in [4.78, 5) is 29.2. The van der Waals surface area contributed by atoms with Gasteiger partial charge in [0.2, 0.25) is 0 Å². The van der Waals surface area contributed by atoms with Crippen LogP contribution in [0.3, 0.4) is 0 Å². The van der Waals surface area contributed by atoms with Crippen LogP contribution in [0.5, 0.6) is 0 Å². The molecule has 2 fully saturated rings. The van der Waals surface area contributed by atoms with Gasteiger partial charge in [-0.15, -0.1) is 0 Å². The highest BCUT2D eigenvalue weighted by atomic mass is 16.2.